The van der Waals surface area contributed by atoms with E-state index >= 15 is 0 Å². The topological polar surface area (TPSA) is 54.2 Å². The largest absolute Gasteiger partial charge is 0.354 e. The third-order valence-corrected chi connectivity index (χ3v) is 4.07. The lowest BCUT2D eigenvalue weighted by Crippen LogP contribution is -2.43. The molecule has 2 aromatic rings. The second-order valence-corrected chi connectivity index (χ2v) is 5.46. The van der Waals surface area contributed by atoms with E-state index in [9.17, 15) is 0 Å². The third-order valence-electron chi connectivity index (χ3n) is 4.07. The molecule has 0 saturated carbocycles. The van der Waals surface area contributed by atoms with Crippen LogP contribution in [0.25, 0.3) is 11.1 Å². The van der Waals surface area contributed by atoms with E-state index < -0.39 is 0 Å². The Morgan fingerprint density at radius 2 is 1.95 bits per heavy atom. The molecule has 0 bridgehead atoms. The Morgan fingerprint density at radius 1 is 1.19 bits per heavy atom. The van der Waals surface area contributed by atoms with Gasteiger partial charge < -0.3 is 16.0 Å². The molecule has 0 atom stereocenters. The Labute approximate surface area is 126 Å². The maximum Gasteiger partial charge on any atom is 0.129 e. The van der Waals surface area contributed by atoms with Gasteiger partial charge in [0.05, 0.1) is 0 Å². The number of aromatic nitrogens is 1. The lowest BCUT2D eigenvalue weighted by atomic mass is 9.97. The fourth-order valence-electron chi connectivity index (χ4n) is 2.83. The molecule has 21 heavy (non-hydrogen) atoms. The number of hydrogen-bond acceptors (Lipinski definition) is 4. The highest BCUT2D eigenvalue weighted by atomic mass is 15.2. The summed E-state index contributed by atoms with van der Waals surface area (Å²) in [5.41, 5.74) is 10.7. The van der Waals surface area contributed by atoms with E-state index in [1.807, 2.05) is 6.20 Å². The van der Waals surface area contributed by atoms with E-state index in [-0.39, 0.29) is 0 Å². The molecule has 4 nitrogen and oxygen atoms in total. The monoisotopic (exact) mass is 282 g/mol. The van der Waals surface area contributed by atoms with Crippen molar-refractivity contribution in [2.45, 2.75) is 13.5 Å². The summed E-state index contributed by atoms with van der Waals surface area (Å²) in [4.78, 5) is 6.94. The number of piperazine rings is 1. The third kappa shape index (κ3) is 2.91. The Balaban J connectivity index is 2.03. The van der Waals surface area contributed by atoms with Crippen molar-refractivity contribution in [3.8, 4) is 11.1 Å². The van der Waals surface area contributed by atoms with Crippen LogP contribution in [-0.4, -0.2) is 31.2 Å². The number of nitrogens with one attached hydrogen (secondary N) is 1. The highest BCUT2D eigenvalue weighted by molar-refractivity contribution is 5.73. The predicted molar refractivity (Wildman–Crippen MR) is 87.4 cm³/mol. The van der Waals surface area contributed by atoms with Gasteiger partial charge in [-0.15, -0.1) is 0 Å². The van der Waals surface area contributed by atoms with Crippen molar-refractivity contribution in [1.29, 1.82) is 0 Å². The van der Waals surface area contributed by atoms with Crippen molar-refractivity contribution in [2.24, 2.45) is 5.73 Å². The average Bonchev–Trinajstić information content (AvgIpc) is 2.55. The molecule has 1 aromatic heterocycles. The first-order valence-corrected chi connectivity index (χ1v) is 7.50. The number of aryl methyl sites for hydroxylation is 1. The van der Waals surface area contributed by atoms with Crippen molar-refractivity contribution in [1.82, 2.24) is 10.3 Å². The zero-order valence-electron chi connectivity index (χ0n) is 12.5. The van der Waals surface area contributed by atoms with Crippen LogP contribution < -0.4 is 16.0 Å². The molecule has 110 valence electrons. The summed E-state index contributed by atoms with van der Waals surface area (Å²) in [5.74, 6) is 1.05. The van der Waals surface area contributed by atoms with E-state index in [1.54, 1.807) is 0 Å². The zero-order chi connectivity index (χ0) is 14.7. The summed E-state index contributed by atoms with van der Waals surface area (Å²) in [7, 11) is 0. The molecule has 0 unspecified atom stereocenters. The number of anilines is 1. The van der Waals surface area contributed by atoms with Crippen molar-refractivity contribution < 1.29 is 0 Å². The SMILES string of the molecule is Cc1ccccc1-c1cc(N2CCNCC2)ncc1CN. The number of hydrogen-bond donors (Lipinski definition) is 2. The van der Waals surface area contributed by atoms with Gasteiger partial charge in [0.15, 0.2) is 0 Å². The maximum absolute atomic E-state index is 5.90. The molecule has 1 aliphatic rings. The van der Waals surface area contributed by atoms with Gasteiger partial charge in [-0.1, -0.05) is 24.3 Å². The second kappa shape index (κ2) is 6.24. The van der Waals surface area contributed by atoms with E-state index in [0.717, 1.165) is 37.6 Å². The van der Waals surface area contributed by atoms with Gasteiger partial charge in [0.25, 0.3) is 0 Å². The molecular formula is C17H22N4. The Bertz CT molecular complexity index is 618. The molecule has 4 heteroatoms. The van der Waals surface area contributed by atoms with Gasteiger partial charge >= 0.3 is 0 Å². The summed E-state index contributed by atoms with van der Waals surface area (Å²) in [6.45, 7) is 6.68. The lowest BCUT2D eigenvalue weighted by molar-refractivity contribution is 0.585. The van der Waals surface area contributed by atoms with Crippen LogP contribution in [0.5, 0.6) is 0 Å². The molecule has 2 heterocycles. The smallest absolute Gasteiger partial charge is 0.129 e. The average molecular weight is 282 g/mol. The molecule has 0 spiro atoms. The van der Waals surface area contributed by atoms with Crippen LogP contribution in [0.4, 0.5) is 5.82 Å². The zero-order valence-corrected chi connectivity index (χ0v) is 12.5. The maximum atomic E-state index is 5.90. The molecule has 1 aliphatic heterocycles. The summed E-state index contributed by atoms with van der Waals surface area (Å²) in [6.07, 6.45) is 1.93. The molecule has 1 fully saturated rings. The summed E-state index contributed by atoms with van der Waals surface area (Å²) in [5, 5.41) is 3.37. The van der Waals surface area contributed by atoms with Crippen LogP contribution in [-0.2, 0) is 6.54 Å². The van der Waals surface area contributed by atoms with E-state index in [4.69, 9.17) is 5.73 Å². The van der Waals surface area contributed by atoms with Crippen LogP contribution in [0.2, 0.25) is 0 Å². The minimum Gasteiger partial charge on any atom is -0.354 e. The number of nitrogens with two attached hydrogens (primary N) is 1. The normalized spacial score (nSPS) is 15.2. The second-order valence-electron chi connectivity index (χ2n) is 5.46. The molecule has 0 aliphatic carbocycles. The molecule has 1 aromatic carbocycles. The standard InChI is InChI=1S/C17H22N4/c1-13-4-2-3-5-15(13)16-10-17(20-12-14(16)11-18)21-8-6-19-7-9-21/h2-5,10,12,19H,6-9,11,18H2,1H3. The summed E-state index contributed by atoms with van der Waals surface area (Å²) < 4.78 is 0. The molecule has 3 rings (SSSR count). The molecule has 1 saturated heterocycles. The fourth-order valence-corrected chi connectivity index (χ4v) is 2.83. The molecule has 0 amide bonds. The quantitative estimate of drug-likeness (QED) is 0.903. The summed E-state index contributed by atoms with van der Waals surface area (Å²) >= 11 is 0. The predicted octanol–water partition coefficient (Wildman–Crippen LogP) is 1.93. The minimum atomic E-state index is 0.512. The number of pyridine rings is 1. The van der Waals surface area contributed by atoms with Crippen LogP contribution in [0.1, 0.15) is 11.1 Å². The van der Waals surface area contributed by atoms with E-state index in [0.29, 0.717) is 6.54 Å². The van der Waals surface area contributed by atoms with Gasteiger partial charge in [-0.2, -0.15) is 0 Å². The molecule has 3 N–H and O–H groups in total. The van der Waals surface area contributed by atoms with Crippen molar-refractivity contribution in [3.63, 3.8) is 0 Å². The van der Waals surface area contributed by atoms with Crippen molar-refractivity contribution in [2.75, 3.05) is 31.1 Å². The van der Waals surface area contributed by atoms with Crippen LogP contribution in [0.15, 0.2) is 36.5 Å². The van der Waals surface area contributed by atoms with Gasteiger partial charge in [0.2, 0.25) is 0 Å². The van der Waals surface area contributed by atoms with Crippen LogP contribution >= 0.6 is 0 Å². The van der Waals surface area contributed by atoms with E-state index in [2.05, 4.69) is 52.5 Å². The van der Waals surface area contributed by atoms with E-state index in [1.165, 1.54) is 16.7 Å². The summed E-state index contributed by atoms with van der Waals surface area (Å²) in [6, 6.07) is 10.6. The van der Waals surface area contributed by atoms with Gasteiger partial charge in [0.1, 0.15) is 5.82 Å². The highest BCUT2D eigenvalue weighted by Crippen LogP contribution is 2.29. The molecular weight excluding hydrogens is 260 g/mol. The Morgan fingerprint density at radius 3 is 2.67 bits per heavy atom. The number of rotatable bonds is 3. The fraction of sp³-hybridized carbons (Fsp3) is 0.353. The van der Waals surface area contributed by atoms with Gasteiger partial charge in [-0.05, 0) is 35.2 Å². The minimum absolute atomic E-state index is 0.512. The van der Waals surface area contributed by atoms with Crippen molar-refractivity contribution in [3.05, 3.63) is 47.7 Å². The highest BCUT2D eigenvalue weighted by Gasteiger charge is 2.15. The molecule has 0 radical (unpaired) electrons. The first-order valence-electron chi connectivity index (χ1n) is 7.50. The van der Waals surface area contributed by atoms with Gasteiger partial charge in [-0.3, -0.25) is 0 Å². The van der Waals surface area contributed by atoms with Crippen LogP contribution in [0.3, 0.4) is 0 Å². The van der Waals surface area contributed by atoms with Gasteiger partial charge in [-0.25, -0.2) is 4.98 Å². The lowest BCUT2D eigenvalue weighted by Gasteiger charge is -2.29. The first-order chi connectivity index (χ1) is 10.3. The first kappa shape index (κ1) is 14.0. The Kier molecular flexibility index (Phi) is 4.18. The Hall–Kier alpha value is -1.91. The van der Waals surface area contributed by atoms with Gasteiger partial charge in [0, 0.05) is 38.9 Å². The van der Waals surface area contributed by atoms with Crippen LogP contribution in [0, 0.1) is 6.92 Å². The van der Waals surface area contributed by atoms with Crippen molar-refractivity contribution >= 4 is 5.82 Å². The number of benzene rings is 1. The number of nitrogens with zero attached hydrogens (tertiary/aromatic N) is 2.